The fourth-order valence-corrected chi connectivity index (χ4v) is 2.41. The van der Waals surface area contributed by atoms with Gasteiger partial charge >= 0.3 is 0 Å². The van der Waals surface area contributed by atoms with E-state index in [1.165, 1.54) is 11.1 Å². The molecule has 2 heteroatoms. The lowest BCUT2D eigenvalue weighted by atomic mass is 9.97. The summed E-state index contributed by atoms with van der Waals surface area (Å²) in [6.07, 6.45) is 2.43. The third kappa shape index (κ3) is 5.64. The molecule has 114 valence electrons. The van der Waals surface area contributed by atoms with Gasteiger partial charge in [0.1, 0.15) is 0 Å². The summed E-state index contributed by atoms with van der Waals surface area (Å²) < 4.78 is 5.77. The molecule has 1 N–H and O–H groups in total. The molecule has 20 heavy (non-hydrogen) atoms. The maximum Gasteiger partial charge on any atom is 0.0703 e. The van der Waals surface area contributed by atoms with Gasteiger partial charge in [0.05, 0.1) is 6.10 Å². The average Bonchev–Trinajstić information content (AvgIpc) is 2.44. The zero-order valence-electron chi connectivity index (χ0n) is 13.8. The Balaban J connectivity index is 2.67. The number of benzene rings is 1. The first-order valence-electron chi connectivity index (χ1n) is 8.02. The Kier molecular flexibility index (Phi) is 7.86. The summed E-state index contributed by atoms with van der Waals surface area (Å²) in [6.45, 7) is 12.7. The third-order valence-corrected chi connectivity index (χ3v) is 3.75. The van der Waals surface area contributed by atoms with E-state index in [-0.39, 0.29) is 6.10 Å². The van der Waals surface area contributed by atoms with E-state index >= 15 is 0 Å². The summed E-state index contributed by atoms with van der Waals surface area (Å²) in [7, 11) is 0. The highest BCUT2D eigenvalue weighted by atomic mass is 16.5. The smallest absolute Gasteiger partial charge is 0.0703 e. The van der Waals surface area contributed by atoms with E-state index in [0.717, 1.165) is 26.0 Å². The highest BCUT2D eigenvalue weighted by Crippen LogP contribution is 2.16. The third-order valence-electron chi connectivity index (χ3n) is 3.75. The van der Waals surface area contributed by atoms with E-state index in [1.54, 1.807) is 0 Å². The maximum absolute atomic E-state index is 5.77. The molecule has 2 atom stereocenters. The summed E-state index contributed by atoms with van der Waals surface area (Å²) in [6, 6.07) is 9.41. The average molecular weight is 277 g/mol. The van der Waals surface area contributed by atoms with E-state index in [9.17, 15) is 0 Å². The van der Waals surface area contributed by atoms with Gasteiger partial charge in [0.15, 0.2) is 0 Å². The molecule has 1 rings (SSSR count). The van der Waals surface area contributed by atoms with Gasteiger partial charge in [0.2, 0.25) is 0 Å². The molecule has 0 aliphatic rings. The van der Waals surface area contributed by atoms with Crippen LogP contribution in [0.4, 0.5) is 0 Å². The quantitative estimate of drug-likeness (QED) is 0.732. The monoisotopic (exact) mass is 277 g/mol. The second-order valence-electron chi connectivity index (χ2n) is 5.82. The van der Waals surface area contributed by atoms with Crippen LogP contribution in [0.25, 0.3) is 0 Å². The molecule has 1 aromatic carbocycles. The fourth-order valence-electron chi connectivity index (χ4n) is 2.41. The van der Waals surface area contributed by atoms with E-state index < -0.39 is 0 Å². The van der Waals surface area contributed by atoms with Crippen LogP contribution in [0.15, 0.2) is 24.3 Å². The summed E-state index contributed by atoms with van der Waals surface area (Å²) in [5, 5.41) is 3.61. The molecule has 0 fully saturated rings. The normalized spacial score (nSPS) is 14.5. The van der Waals surface area contributed by atoms with Crippen LogP contribution in [0.5, 0.6) is 0 Å². The molecule has 2 nitrogen and oxygen atoms in total. The molecule has 0 bridgehead atoms. The van der Waals surface area contributed by atoms with Gasteiger partial charge in [-0.2, -0.15) is 0 Å². The van der Waals surface area contributed by atoms with Gasteiger partial charge in [-0.25, -0.2) is 0 Å². The van der Waals surface area contributed by atoms with Crippen molar-refractivity contribution in [2.45, 2.75) is 65.5 Å². The van der Waals surface area contributed by atoms with Crippen LogP contribution >= 0.6 is 0 Å². The van der Waals surface area contributed by atoms with Gasteiger partial charge in [-0.3, -0.25) is 0 Å². The number of hydrogen-bond donors (Lipinski definition) is 1. The SMILES string of the molecule is CCCNC(Cc1ccc(C(C)C)cc1)C(C)OCC. The highest BCUT2D eigenvalue weighted by Gasteiger charge is 2.17. The van der Waals surface area contributed by atoms with Gasteiger partial charge in [0, 0.05) is 12.6 Å². The molecule has 0 amide bonds. The van der Waals surface area contributed by atoms with Crippen molar-refractivity contribution < 1.29 is 4.74 Å². The molecule has 0 aliphatic carbocycles. The first-order valence-corrected chi connectivity index (χ1v) is 8.02. The molecule has 2 unspecified atom stereocenters. The van der Waals surface area contributed by atoms with Crippen molar-refractivity contribution >= 4 is 0 Å². The molecular weight excluding hydrogens is 246 g/mol. The standard InChI is InChI=1S/C18H31NO/c1-6-12-19-18(15(5)20-7-2)13-16-8-10-17(11-9-16)14(3)4/h8-11,14-15,18-19H,6-7,12-13H2,1-5H3. The lowest BCUT2D eigenvalue weighted by Gasteiger charge is -2.25. The number of hydrogen-bond acceptors (Lipinski definition) is 2. The fraction of sp³-hybridized carbons (Fsp3) is 0.667. The maximum atomic E-state index is 5.77. The van der Waals surface area contributed by atoms with Gasteiger partial charge in [-0.1, -0.05) is 45.0 Å². The van der Waals surface area contributed by atoms with Crippen LogP contribution in [-0.4, -0.2) is 25.3 Å². The lowest BCUT2D eigenvalue weighted by Crippen LogP contribution is -2.42. The Morgan fingerprint density at radius 3 is 2.20 bits per heavy atom. The van der Waals surface area contributed by atoms with E-state index in [2.05, 4.69) is 64.2 Å². The van der Waals surface area contributed by atoms with Crippen molar-refractivity contribution in [3.63, 3.8) is 0 Å². The van der Waals surface area contributed by atoms with Crippen molar-refractivity contribution in [3.8, 4) is 0 Å². The Morgan fingerprint density at radius 2 is 1.70 bits per heavy atom. The Labute approximate surface area is 124 Å². The first-order chi connectivity index (χ1) is 9.58. The summed E-state index contributed by atoms with van der Waals surface area (Å²) >= 11 is 0. The van der Waals surface area contributed by atoms with Crippen molar-refractivity contribution in [1.82, 2.24) is 5.32 Å². The highest BCUT2D eigenvalue weighted by molar-refractivity contribution is 5.25. The van der Waals surface area contributed by atoms with Crippen molar-refractivity contribution in [2.75, 3.05) is 13.2 Å². The molecule has 0 aliphatic heterocycles. The van der Waals surface area contributed by atoms with Gasteiger partial charge in [-0.15, -0.1) is 0 Å². The number of nitrogens with one attached hydrogen (secondary N) is 1. The Bertz CT molecular complexity index is 358. The lowest BCUT2D eigenvalue weighted by molar-refractivity contribution is 0.0476. The van der Waals surface area contributed by atoms with Gasteiger partial charge in [0.25, 0.3) is 0 Å². The van der Waals surface area contributed by atoms with Gasteiger partial charge in [-0.05, 0) is 50.3 Å². The van der Waals surface area contributed by atoms with Crippen molar-refractivity contribution in [3.05, 3.63) is 35.4 Å². The van der Waals surface area contributed by atoms with E-state index in [4.69, 9.17) is 4.74 Å². The zero-order valence-corrected chi connectivity index (χ0v) is 13.8. The Hall–Kier alpha value is -0.860. The zero-order chi connectivity index (χ0) is 15.0. The molecule has 0 saturated heterocycles. The molecule has 0 heterocycles. The Morgan fingerprint density at radius 1 is 1.05 bits per heavy atom. The molecule has 0 saturated carbocycles. The molecule has 1 aromatic rings. The first kappa shape index (κ1) is 17.2. The van der Waals surface area contributed by atoms with Crippen LogP contribution < -0.4 is 5.32 Å². The van der Waals surface area contributed by atoms with Crippen LogP contribution in [0, 0.1) is 0 Å². The number of ether oxygens (including phenoxy) is 1. The minimum Gasteiger partial charge on any atom is -0.377 e. The minimum absolute atomic E-state index is 0.247. The van der Waals surface area contributed by atoms with E-state index in [0.29, 0.717) is 12.0 Å². The van der Waals surface area contributed by atoms with Gasteiger partial charge < -0.3 is 10.1 Å². The predicted octanol–water partition coefficient (Wildman–Crippen LogP) is 4.15. The van der Waals surface area contributed by atoms with Crippen LogP contribution in [0.2, 0.25) is 0 Å². The second-order valence-corrected chi connectivity index (χ2v) is 5.82. The molecule has 0 spiro atoms. The van der Waals surface area contributed by atoms with Crippen LogP contribution in [0.1, 0.15) is 58.1 Å². The van der Waals surface area contributed by atoms with Crippen molar-refractivity contribution in [1.29, 1.82) is 0 Å². The summed E-state index contributed by atoms with van der Waals surface area (Å²) in [5.74, 6) is 0.598. The number of rotatable bonds is 9. The molecule has 0 aromatic heterocycles. The van der Waals surface area contributed by atoms with E-state index in [1.807, 2.05) is 0 Å². The summed E-state index contributed by atoms with van der Waals surface area (Å²) in [5.41, 5.74) is 2.79. The second kappa shape index (κ2) is 9.15. The topological polar surface area (TPSA) is 21.3 Å². The predicted molar refractivity (Wildman–Crippen MR) is 87.4 cm³/mol. The minimum atomic E-state index is 0.247. The van der Waals surface area contributed by atoms with Crippen LogP contribution in [-0.2, 0) is 11.2 Å². The van der Waals surface area contributed by atoms with Crippen LogP contribution in [0.3, 0.4) is 0 Å². The largest absolute Gasteiger partial charge is 0.377 e. The van der Waals surface area contributed by atoms with Crippen molar-refractivity contribution in [2.24, 2.45) is 0 Å². The summed E-state index contributed by atoms with van der Waals surface area (Å²) in [4.78, 5) is 0. The molecule has 0 radical (unpaired) electrons. The molecular formula is C18H31NO.